The lowest BCUT2D eigenvalue weighted by atomic mass is 10.1. The van der Waals surface area contributed by atoms with Gasteiger partial charge in [-0.25, -0.2) is 4.98 Å². The van der Waals surface area contributed by atoms with E-state index < -0.39 is 0 Å². The summed E-state index contributed by atoms with van der Waals surface area (Å²) in [5.41, 5.74) is 3.68. The number of rotatable bonds is 1. The molecule has 0 amide bonds. The van der Waals surface area contributed by atoms with Gasteiger partial charge in [0.1, 0.15) is 5.52 Å². The molecule has 3 aromatic rings. The van der Waals surface area contributed by atoms with Crippen LogP contribution in [0, 0.1) is 0 Å². The lowest BCUT2D eigenvalue weighted by Gasteiger charge is -1.99. The van der Waals surface area contributed by atoms with Crippen LogP contribution in [0.25, 0.3) is 22.3 Å². The molecule has 2 aromatic heterocycles. The Morgan fingerprint density at radius 1 is 1.07 bits per heavy atom. The summed E-state index contributed by atoms with van der Waals surface area (Å²) in [7, 11) is 0. The summed E-state index contributed by atoms with van der Waals surface area (Å²) >= 11 is 0. The van der Waals surface area contributed by atoms with Crippen LogP contribution in [0.4, 0.5) is 0 Å². The fourth-order valence-electron chi connectivity index (χ4n) is 1.60. The minimum atomic E-state index is 0.719. The minimum absolute atomic E-state index is 0.719. The van der Waals surface area contributed by atoms with Gasteiger partial charge in [0.2, 0.25) is 0 Å². The van der Waals surface area contributed by atoms with Crippen LogP contribution in [0.2, 0.25) is 0 Å². The normalized spacial score (nSPS) is 10.7. The van der Waals surface area contributed by atoms with Crippen molar-refractivity contribution < 1.29 is 0 Å². The number of nitrogens with zero attached hydrogens (tertiary/aromatic N) is 3. The lowest BCUT2D eigenvalue weighted by molar-refractivity contribution is 1.06. The van der Waals surface area contributed by atoms with Crippen LogP contribution in [0.1, 0.15) is 0 Å². The Balaban J connectivity index is 2.31. The molecule has 0 aliphatic carbocycles. The maximum absolute atomic E-state index is 4.24. The molecule has 0 bridgehead atoms. The van der Waals surface area contributed by atoms with Gasteiger partial charge < -0.3 is 4.98 Å². The summed E-state index contributed by atoms with van der Waals surface area (Å²) in [6.07, 6.45) is 3.37. The summed E-state index contributed by atoms with van der Waals surface area (Å²) in [5.74, 6) is 0. The molecule has 1 aromatic carbocycles. The van der Waals surface area contributed by atoms with Gasteiger partial charge in [0.15, 0.2) is 5.65 Å². The molecule has 2 heterocycles. The first-order valence-electron chi connectivity index (χ1n) is 4.65. The van der Waals surface area contributed by atoms with E-state index in [9.17, 15) is 0 Å². The van der Waals surface area contributed by atoms with Gasteiger partial charge in [0.25, 0.3) is 0 Å². The molecule has 1 N–H and O–H groups in total. The standard InChI is InChI=1S/C11H8N4/c1-2-4-8(5-3-1)9-6-14-15-11-10(9)12-7-13-11/h1-7H,(H,12,13,15). The maximum atomic E-state index is 4.24. The van der Waals surface area contributed by atoms with Crippen molar-refractivity contribution in [2.24, 2.45) is 0 Å². The average Bonchev–Trinajstić information content (AvgIpc) is 2.78. The second-order valence-electron chi connectivity index (χ2n) is 3.22. The topological polar surface area (TPSA) is 54.5 Å². The zero-order valence-corrected chi connectivity index (χ0v) is 7.88. The number of H-pyrrole nitrogens is 1. The molecule has 4 heteroatoms. The van der Waals surface area contributed by atoms with E-state index >= 15 is 0 Å². The predicted octanol–water partition coefficient (Wildman–Crippen LogP) is 2.02. The average molecular weight is 196 g/mol. The molecule has 0 unspecified atom stereocenters. The highest BCUT2D eigenvalue weighted by Gasteiger charge is 2.06. The van der Waals surface area contributed by atoms with Crippen molar-refractivity contribution in [3.05, 3.63) is 42.9 Å². The van der Waals surface area contributed by atoms with E-state index in [1.807, 2.05) is 30.3 Å². The second-order valence-corrected chi connectivity index (χ2v) is 3.22. The van der Waals surface area contributed by atoms with Crippen molar-refractivity contribution in [2.45, 2.75) is 0 Å². The molecule has 0 aliphatic rings. The molecule has 4 nitrogen and oxygen atoms in total. The van der Waals surface area contributed by atoms with E-state index in [0.717, 1.165) is 22.3 Å². The maximum Gasteiger partial charge on any atom is 0.180 e. The predicted molar refractivity (Wildman–Crippen MR) is 57.1 cm³/mol. The fourth-order valence-corrected chi connectivity index (χ4v) is 1.60. The molecule has 3 rings (SSSR count). The highest BCUT2D eigenvalue weighted by atomic mass is 15.1. The van der Waals surface area contributed by atoms with Gasteiger partial charge >= 0.3 is 0 Å². The van der Waals surface area contributed by atoms with Gasteiger partial charge in [-0.3, -0.25) is 0 Å². The largest absolute Gasteiger partial charge is 0.328 e. The molecule has 0 fully saturated rings. The molecule has 0 spiro atoms. The Labute approximate surface area is 86.0 Å². The second kappa shape index (κ2) is 3.16. The van der Waals surface area contributed by atoms with Gasteiger partial charge in [-0.15, -0.1) is 5.10 Å². The van der Waals surface area contributed by atoms with Crippen molar-refractivity contribution in [1.29, 1.82) is 0 Å². The summed E-state index contributed by atoms with van der Waals surface area (Å²) in [6.45, 7) is 0. The van der Waals surface area contributed by atoms with Crippen LogP contribution in [0.3, 0.4) is 0 Å². The molecular weight excluding hydrogens is 188 g/mol. The number of hydrogen-bond donors (Lipinski definition) is 1. The molecule has 0 saturated heterocycles. The van der Waals surface area contributed by atoms with Gasteiger partial charge in [-0.1, -0.05) is 30.3 Å². The van der Waals surface area contributed by atoms with E-state index in [0.29, 0.717) is 0 Å². The summed E-state index contributed by atoms with van der Waals surface area (Å²) < 4.78 is 0. The van der Waals surface area contributed by atoms with E-state index in [2.05, 4.69) is 20.2 Å². The van der Waals surface area contributed by atoms with Crippen molar-refractivity contribution in [1.82, 2.24) is 20.2 Å². The number of fused-ring (bicyclic) bond motifs is 1. The van der Waals surface area contributed by atoms with E-state index in [4.69, 9.17) is 0 Å². The third kappa shape index (κ3) is 1.27. The number of imidazole rings is 1. The zero-order valence-electron chi connectivity index (χ0n) is 7.88. The zero-order chi connectivity index (χ0) is 10.1. The van der Waals surface area contributed by atoms with Crippen molar-refractivity contribution in [3.8, 4) is 11.1 Å². The Morgan fingerprint density at radius 3 is 2.80 bits per heavy atom. The molecule has 15 heavy (non-hydrogen) atoms. The summed E-state index contributed by atoms with van der Waals surface area (Å²) in [4.78, 5) is 7.18. The first kappa shape index (κ1) is 8.11. The van der Waals surface area contributed by atoms with Crippen LogP contribution in [0.5, 0.6) is 0 Å². The highest BCUT2D eigenvalue weighted by molar-refractivity contribution is 5.88. The van der Waals surface area contributed by atoms with Crippen molar-refractivity contribution in [2.75, 3.05) is 0 Å². The van der Waals surface area contributed by atoms with Gasteiger partial charge in [0.05, 0.1) is 12.5 Å². The third-order valence-electron chi connectivity index (χ3n) is 2.30. The fraction of sp³-hybridized carbons (Fsp3) is 0. The SMILES string of the molecule is c1ccc(-c2cnnc3[nH]cnc23)cc1. The molecular formula is C11H8N4. The molecule has 0 atom stereocenters. The Morgan fingerprint density at radius 2 is 1.93 bits per heavy atom. The van der Waals surface area contributed by atoms with Crippen molar-refractivity contribution in [3.63, 3.8) is 0 Å². The van der Waals surface area contributed by atoms with Crippen LogP contribution >= 0.6 is 0 Å². The lowest BCUT2D eigenvalue weighted by Crippen LogP contribution is -1.86. The van der Waals surface area contributed by atoms with Crippen LogP contribution < -0.4 is 0 Å². The summed E-state index contributed by atoms with van der Waals surface area (Å²) in [6, 6.07) is 10.0. The van der Waals surface area contributed by atoms with Gasteiger partial charge in [0, 0.05) is 5.56 Å². The molecule has 0 aliphatic heterocycles. The van der Waals surface area contributed by atoms with Crippen LogP contribution in [-0.2, 0) is 0 Å². The highest BCUT2D eigenvalue weighted by Crippen LogP contribution is 2.23. The number of aromatic nitrogens is 4. The van der Waals surface area contributed by atoms with Gasteiger partial charge in [-0.2, -0.15) is 5.10 Å². The smallest absolute Gasteiger partial charge is 0.180 e. The number of benzene rings is 1. The first-order chi connectivity index (χ1) is 7.45. The quantitative estimate of drug-likeness (QED) is 0.647. The minimum Gasteiger partial charge on any atom is -0.328 e. The monoisotopic (exact) mass is 196 g/mol. The molecule has 72 valence electrons. The summed E-state index contributed by atoms with van der Waals surface area (Å²) in [5, 5.41) is 7.90. The number of nitrogens with one attached hydrogen (secondary N) is 1. The van der Waals surface area contributed by atoms with E-state index in [1.54, 1.807) is 12.5 Å². The molecule has 0 saturated carbocycles. The molecule has 0 radical (unpaired) electrons. The Hall–Kier alpha value is -2.23. The van der Waals surface area contributed by atoms with E-state index in [1.165, 1.54) is 0 Å². The first-order valence-corrected chi connectivity index (χ1v) is 4.65. The number of aromatic amines is 1. The van der Waals surface area contributed by atoms with Crippen LogP contribution in [-0.4, -0.2) is 20.2 Å². The number of hydrogen-bond acceptors (Lipinski definition) is 3. The van der Waals surface area contributed by atoms with Gasteiger partial charge in [-0.05, 0) is 5.56 Å². The third-order valence-corrected chi connectivity index (χ3v) is 2.30. The Kier molecular flexibility index (Phi) is 1.71. The Bertz CT molecular complexity index is 586. The van der Waals surface area contributed by atoms with Crippen molar-refractivity contribution >= 4 is 11.2 Å². The van der Waals surface area contributed by atoms with E-state index in [-0.39, 0.29) is 0 Å². The van der Waals surface area contributed by atoms with Crippen LogP contribution in [0.15, 0.2) is 42.9 Å².